The number of likely N-dealkylation sites (N-methyl/N-ethyl adjacent to an activating group) is 1. The molecule has 0 radical (unpaired) electrons. The Labute approximate surface area is 237 Å². The second kappa shape index (κ2) is 12.6. The molecule has 0 aliphatic carbocycles. The first-order valence-corrected chi connectivity index (χ1v) is 14.2. The second-order valence-corrected chi connectivity index (χ2v) is 11.0. The number of nitrogens with zero attached hydrogens (tertiary/aromatic N) is 2. The first-order chi connectivity index (χ1) is 18.8. The summed E-state index contributed by atoms with van der Waals surface area (Å²) in [5.41, 5.74) is 9.99. The van der Waals surface area contributed by atoms with E-state index >= 15 is 0 Å². The first-order valence-electron chi connectivity index (χ1n) is 13.8. The van der Waals surface area contributed by atoms with Crippen LogP contribution in [-0.2, 0) is 6.42 Å². The van der Waals surface area contributed by atoms with Crippen LogP contribution in [-0.4, -0.2) is 42.6 Å². The number of amides is 1. The Balaban J connectivity index is 1.63. The number of fused-ring (bicyclic) bond motifs is 1. The van der Waals surface area contributed by atoms with Gasteiger partial charge in [0.1, 0.15) is 19.2 Å². The fourth-order valence-electron chi connectivity index (χ4n) is 5.40. The Morgan fingerprint density at radius 2 is 1.74 bits per heavy atom. The third-order valence-electron chi connectivity index (χ3n) is 7.54. The summed E-state index contributed by atoms with van der Waals surface area (Å²) in [7, 11) is 4.43. The lowest BCUT2D eigenvalue weighted by Crippen LogP contribution is -2.46. The fourth-order valence-corrected chi connectivity index (χ4v) is 5.77. The molecular formula is C33H39ClN3O2+. The minimum Gasteiger partial charge on any atom is -0.471 e. The van der Waals surface area contributed by atoms with E-state index in [0.717, 1.165) is 65.4 Å². The van der Waals surface area contributed by atoms with Crippen molar-refractivity contribution in [3.05, 3.63) is 94.6 Å². The molecule has 0 saturated heterocycles. The van der Waals surface area contributed by atoms with Gasteiger partial charge in [-0.1, -0.05) is 86.5 Å². The van der Waals surface area contributed by atoms with Gasteiger partial charge in [-0.3, -0.25) is 4.79 Å². The Hall–Kier alpha value is -3.41. The highest BCUT2D eigenvalue weighted by atomic mass is 35.5. The van der Waals surface area contributed by atoms with E-state index in [-0.39, 0.29) is 6.04 Å². The number of benzene rings is 3. The number of aromatic nitrogens is 1. The highest BCUT2D eigenvalue weighted by Gasteiger charge is 2.32. The van der Waals surface area contributed by atoms with Gasteiger partial charge >= 0.3 is 0 Å². The van der Waals surface area contributed by atoms with Crippen molar-refractivity contribution in [3.63, 3.8) is 0 Å². The highest BCUT2D eigenvalue weighted by molar-refractivity contribution is 6.36. The molecule has 4 aromatic rings. The van der Waals surface area contributed by atoms with Crippen LogP contribution in [0.15, 0.2) is 72.8 Å². The number of quaternary nitrogens is 1. The number of nitrogens with two attached hydrogens (primary N) is 1. The third kappa shape index (κ3) is 6.43. The van der Waals surface area contributed by atoms with Crippen molar-refractivity contribution in [2.75, 3.05) is 27.2 Å². The molecule has 0 bridgehead atoms. The molecule has 1 heterocycles. The van der Waals surface area contributed by atoms with E-state index in [1.807, 2.05) is 42.5 Å². The molecule has 6 heteroatoms. The van der Waals surface area contributed by atoms with Crippen LogP contribution in [0.4, 0.5) is 0 Å². The van der Waals surface area contributed by atoms with Gasteiger partial charge in [-0.2, -0.15) is 0 Å². The second-order valence-electron chi connectivity index (χ2n) is 10.6. The number of ether oxygens (including phenoxy) is 1. The number of primary amides is 1. The van der Waals surface area contributed by atoms with E-state index in [1.165, 1.54) is 0 Å². The molecule has 2 N–H and O–H groups in total. The molecule has 0 saturated carbocycles. The Morgan fingerprint density at radius 1 is 1.03 bits per heavy atom. The van der Waals surface area contributed by atoms with Gasteiger partial charge in [0.05, 0.1) is 24.7 Å². The Morgan fingerprint density at radius 3 is 2.44 bits per heavy atom. The van der Waals surface area contributed by atoms with Gasteiger partial charge in [-0.15, -0.1) is 0 Å². The number of hydrogen-bond donors (Lipinski definition) is 1. The number of hydrogen-bond acceptors (Lipinski definition) is 3. The highest BCUT2D eigenvalue weighted by Crippen LogP contribution is 2.41. The zero-order valence-corrected chi connectivity index (χ0v) is 24.2. The molecule has 39 heavy (non-hydrogen) atoms. The van der Waals surface area contributed by atoms with Crippen molar-refractivity contribution in [1.29, 1.82) is 0 Å². The molecule has 1 atom stereocenters. The summed E-state index contributed by atoms with van der Waals surface area (Å²) in [5, 5.41) is 2.60. The maximum atomic E-state index is 12.1. The van der Waals surface area contributed by atoms with E-state index < -0.39 is 5.91 Å². The molecule has 0 unspecified atom stereocenters. The maximum absolute atomic E-state index is 12.1. The van der Waals surface area contributed by atoms with E-state index in [4.69, 9.17) is 27.1 Å². The average molecular weight is 545 g/mol. The third-order valence-corrected chi connectivity index (χ3v) is 7.94. The van der Waals surface area contributed by atoms with Gasteiger partial charge in [0.25, 0.3) is 0 Å². The van der Waals surface area contributed by atoms with Crippen molar-refractivity contribution in [2.24, 2.45) is 5.73 Å². The normalized spacial score (nSPS) is 12.4. The van der Waals surface area contributed by atoms with Crippen molar-refractivity contribution < 1.29 is 14.0 Å². The van der Waals surface area contributed by atoms with Crippen LogP contribution in [0.1, 0.15) is 60.8 Å². The number of unbranched alkanes of at least 4 members (excludes halogenated alkanes) is 1. The lowest BCUT2D eigenvalue weighted by atomic mass is 9.90. The molecule has 1 aromatic heterocycles. The van der Waals surface area contributed by atoms with E-state index in [0.29, 0.717) is 27.6 Å². The predicted octanol–water partition coefficient (Wildman–Crippen LogP) is 7.60. The molecule has 0 aliphatic rings. The van der Waals surface area contributed by atoms with Crippen molar-refractivity contribution in [1.82, 2.24) is 4.98 Å². The largest absolute Gasteiger partial charge is 0.471 e. The van der Waals surface area contributed by atoms with Crippen LogP contribution >= 0.6 is 11.6 Å². The summed E-state index contributed by atoms with van der Waals surface area (Å²) in [6.07, 6.45) is 4.06. The number of pyridine rings is 1. The summed E-state index contributed by atoms with van der Waals surface area (Å²) >= 11 is 6.84. The van der Waals surface area contributed by atoms with Crippen molar-refractivity contribution in [3.8, 4) is 17.0 Å². The van der Waals surface area contributed by atoms with Crippen LogP contribution in [0.25, 0.3) is 21.9 Å². The number of rotatable bonds is 12. The van der Waals surface area contributed by atoms with Crippen molar-refractivity contribution in [2.45, 2.75) is 45.6 Å². The van der Waals surface area contributed by atoms with Gasteiger partial charge in [-0.25, -0.2) is 4.98 Å². The predicted molar refractivity (Wildman–Crippen MR) is 161 cm³/mol. The van der Waals surface area contributed by atoms with E-state index in [2.05, 4.69) is 52.2 Å². The Kier molecular flexibility index (Phi) is 9.26. The topological polar surface area (TPSA) is 65.2 Å². The van der Waals surface area contributed by atoms with Crippen LogP contribution in [0, 0.1) is 0 Å². The summed E-state index contributed by atoms with van der Waals surface area (Å²) in [6, 6.07) is 24.3. The molecule has 4 rings (SSSR count). The molecular weight excluding hydrogens is 506 g/mol. The molecule has 0 aliphatic heterocycles. The first kappa shape index (κ1) is 28.6. The maximum Gasteiger partial charge on any atom is 0.250 e. The molecule has 0 fully saturated rings. The molecule has 1 amide bonds. The SMILES string of the molecule is CCCCc1cc2ccccc2c(OCC[N+](C)(C)[C@@H](CC)c2ccc(C(N)=O)c(Cl)c2-c2ccccc2)n1. The smallest absolute Gasteiger partial charge is 0.250 e. The molecule has 5 nitrogen and oxygen atoms in total. The average Bonchev–Trinajstić information content (AvgIpc) is 2.92. The quantitative estimate of drug-likeness (QED) is 0.187. The van der Waals surface area contributed by atoms with Gasteiger partial charge in [0, 0.05) is 28.6 Å². The standard InChI is InChI=1S/C33H38ClN3O2/c1-5-7-16-25-22-24-15-11-12-17-26(24)33(36-25)39-21-20-37(3,4)29(6-2)27-18-19-28(32(35)38)31(34)30(27)23-13-9-8-10-14-23/h8-15,17-19,22,29H,5-7,16,20-21H2,1-4H3,(H-,35,38)/p+1/t29-/m0/s1. The van der Waals surface area contributed by atoms with Crippen LogP contribution in [0.5, 0.6) is 5.88 Å². The van der Waals surface area contributed by atoms with Crippen LogP contribution in [0.2, 0.25) is 5.02 Å². The number of carbonyl (C=O) groups is 1. The minimum atomic E-state index is -0.528. The molecule has 204 valence electrons. The monoisotopic (exact) mass is 544 g/mol. The number of aryl methyl sites for hydroxylation is 1. The Bertz CT molecular complexity index is 1440. The van der Waals surface area contributed by atoms with Gasteiger partial charge in [-0.05, 0) is 42.0 Å². The van der Waals surface area contributed by atoms with Gasteiger partial charge in [0.15, 0.2) is 0 Å². The van der Waals surface area contributed by atoms with Crippen molar-refractivity contribution >= 4 is 28.3 Å². The minimum absolute atomic E-state index is 0.115. The molecule has 0 spiro atoms. The van der Waals surface area contributed by atoms with Crippen LogP contribution < -0.4 is 10.5 Å². The summed E-state index contributed by atoms with van der Waals surface area (Å²) < 4.78 is 7.06. The number of carbonyl (C=O) groups excluding carboxylic acids is 1. The van der Waals surface area contributed by atoms with E-state index in [9.17, 15) is 4.79 Å². The summed E-state index contributed by atoms with van der Waals surface area (Å²) in [4.78, 5) is 17.0. The van der Waals surface area contributed by atoms with Gasteiger partial charge < -0.3 is 15.0 Å². The lowest BCUT2D eigenvalue weighted by Gasteiger charge is -2.39. The zero-order chi connectivity index (χ0) is 28.0. The lowest BCUT2D eigenvalue weighted by molar-refractivity contribution is -0.921. The van der Waals surface area contributed by atoms with E-state index in [1.54, 1.807) is 6.07 Å². The number of halogens is 1. The molecule has 3 aromatic carbocycles. The zero-order valence-electron chi connectivity index (χ0n) is 23.4. The summed E-state index contributed by atoms with van der Waals surface area (Å²) in [6.45, 7) is 5.66. The fraction of sp³-hybridized carbons (Fsp3) is 0.333. The van der Waals surface area contributed by atoms with Gasteiger partial charge in [0.2, 0.25) is 11.8 Å². The van der Waals surface area contributed by atoms with Crippen LogP contribution in [0.3, 0.4) is 0 Å². The summed E-state index contributed by atoms with van der Waals surface area (Å²) in [5.74, 6) is 0.172.